The Bertz CT molecular complexity index is 697. The van der Waals surface area contributed by atoms with E-state index in [0.717, 1.165) is 5.69 Å². The summed E-state index contributed by atoms with van der Waals surface area (Å²) in [5.41, 5.74) is 1.18. The van der Waals surface area contributed by atoms with Gasteiger partial charge in [0.05, 0.1) is 16.8 Å². The number of aromatic nitrogens is 2. The highest BCUT2D eigenvalue weighted by Gasteiger charge is 2.29. The van der Waals surface area contributed by atoms with Gasteiger partial charge in [-0.25, -0.2) is 4.79 Å². The molecule has 1 aromatic heterocycles. The second-order valence-corrected chi connectivity index (χ2v) is 5.17. The number of nitrogens with one attached hydrogen (secondary N) is 1. The molecule has 0 aliphatic carbocycles. The van der Waals surface area contributed by atoms with E-state index in [1.165, 1.54) is 11.5 Å². The molecular weight excluding hydrogens is 290 g/mol. The molecule has 0 fully saturated rings. The molecule has 0 saturated carbocycles. The van der Waals surface area contributed by atoms with Gasteiger partial charge in [0.15, 0.2) is 12.8 Å². The number of nitrogens with zero attached hydrogens (tertiary/aromatic N) is 2. The highest BCUT2D eigenvalue weighted by molar-refractivity contribution is 7.07. The van der Waals surface area contributed by atoms with Gasteiger partial charge in [0.1, 0.15) is 10.5 Å². The Kier molecular flexibility index (Phi) is 3.57. The van der Waals surface area contributed by atoms with E-state index >= 15 is 0 Å². The van der Waals surface area contributed by atoms with Crippen LogP contribution in [0.2, 0.25) is 0 Å². The standard InChI is InChI=1S/C14H13N3O3S/c1-3-19-14(18)12(11-8-17(2)16-21-11)13-15-9-6-4-5-7-10(9)20-13/h4-8H,3H2,1-2H3/p+1. The molecule has 0 spiro atoms. The van der Waals surface area contributed by atoms with Crippen LogP contribution >= 0.6 is 11.5 Å². The molecular formula is C14H14N3O3S+. The second-order valence-electron chi connectivity index (χ2n) is 4.39. The number of carbonyl (C=O) groups excluding carboxylic acids is 1. The van der Waals surface area contributed by atoms with Crippen molar-refractivity contribution in [2.24, 2.45) is 7.05 Å². The zero-order valence-electron chi connectivity index (χ0n) is 11.6. The Morgan fingerprint density at radius 1 is 1.48 bits per heavy atom. The van der Waals surface area contributed by atoms with E-state index in [-0.39, 0.29) is 0 Å². The lowest BCUT2D eigenvalue weighted by Crippen LogP contribution is -2.27. The molecule has 1 aromatic carbocycles. The third kappa shape index (κ3) is 2.59. The van der Waals surface area contributed by atoms with E-state index in [1.54, 1.807) is 24.9 Å². The number of ether oxygens (including phenoxy) is 2. The van der Waals surface area contributed by atoms with Crippen LogP contribution in [0.1, 0.15) is 11.8 Å². The maximum atomic E-state index is 12.3. The summed E-state index contributed by atoms with van der Waals surface area (Å²) < 4.78 is 16.6. The highest BCUT2D eigenvalue weighted by Crippen LogP contribution is 2.36. The van der Waals surface area contributed by atoms with E-state index in [4.69, 9.17) is 9.47 Å². The van der Waals surface area contributed by atoms with Crippen molar-refractivity contribution in [1.29, 1.82) is 0 Å². The van der Waals surface area contributed by atoms with Crippen molar-refractivity contribution < 1.29 is 19.0 Å². The minimum Gasteiger partial charge on any atom is -0.462 e. The fourth-order valence-electron chi connectivity index (χ4n) is 1.97. The maximum Gasteiger partial charge on any atom is 0.345 e. The molecule has 1 aliphatic heterocycles. The number of benzene rings is 1. The first-order valence-electron chi connectivity index (χ1n) is 6.47. The SMILES string of the molecule is CCOC(=O)C(=C1Nc2ccccc2O1)c1c[n+](C)ns1. The molecule has 2 heterocycles. The van der Waals surface area contributed by atoms with Crippen molar-refractivity contribution in [3.05, 3.63) is 41.2 Å². The summed E-state index contributed by atoms with van der Waals surface area (Å²) in [4.78, 5) is 12.9. The maximum absolute atomic E-state index is 12.3. The molecule has 108 valence electrons. The normalized spacial score (nSPS) is 15.0. The fraction of sp³-hybridized carbons (Fsp3) is 0.214. The Morgan fingerprint density at radius 3 is 2.95 bits per heavy atom. The first kappa shape index (κ1) is 13.6. The van der Waals surface area contributed by atoms with Crippen molar-refractivity contribution in [3.8, 4) is 5.75 Å². The third-order valence-corrected chi connectivity index (χ3v) is 3.72. The lowest BCUT2D eigenvalue weighted by Gasteiger charge is -2.06. The molecule has 0 amide bonds. The predicted octanol–water partition coefficient (Wildman–Crippen LogP) is 1.70. The van der Waals surface area contributed by atoms with Crippen LogP contribution in [0.25, 0.3) is 5.57 Å². The molecule has 0 saturated heterocycles. The van der Waals surface area contributed by atoms with E-state index in [1.807, 2.05) is 24.3 Å². The molecule has 0 atom stereocenters. The second kappa shape index (κ2) is 5.53. The van der Waals surface area contributed by atoms with E-state index in [0.29, 0.717) is 28.7 Å². The van der Waals surface area contributed by atoms with Crippen LogP contribution in [0.5, 0.6) is 5.75 Å². The molecule has 2 aromatic rings. The summed E-state index contributed by atoms with van der Waals surface area (Å²) in [6.45, 7) is 2.07. The van der Waals surface area contributed by atoms with E-state index in [2.05, 4.69) is 9.81 Å². The lowest BCUT2D eigenvalue weighted by atomic mass is 10.2. The Labute approximate surface area is 125 Å². The minimum absolute atomic E-state index is 0.299. The van der Waals surface area contributed by atoms with Crippen LogP contribution in [0.3, 0.4) is 0 Å². The van der Waals surface area contributed by atoms with Crippen LogP contribution in [0.4, 0.5) is 5.69 Å². The average Bonchev–Trinajstić information content (AvgIpc) is 3.06. The Balaban J connectivity index is 2.04. The zero-order chi connectivity index (χ0) is 14.8. The molecule has 1 aliphatic rings. The van der Waals surface area contributed by atoms with Gasteiger partial charge in [-0.2, -0.15) is 0 Å². The van der Waals surface area contributed by atoms with Gasteiger partial charge in [0.2, 0.25) is 12.1 Å². The lowest BCUT2D eigenvalue weighted by molar-refractivity contribution is -0.722. The molecule has 0 unspecified atom stereocenters. The van der Waals surface area contributed by atoms with Gasteiger partial charge in [-0.3, -0.25) is 0 Å². The largest absolute Gasteiger partial charge is 0.462 e. The van der Waals surface area contributed by atoms with Crippen LogP contribution in [0.15, 0.2) is 36.3 Å². The Hall–Kier alpha value is -2.41. The van der Waals surface area contributed by atoms with Crippen LogP contribution in [-0.4, -0.2) is 17.1 Å². The quantitative estimate of drug-likeness (QED) is 0.531. The third-order valence-electron chi connectivity index (χ3n) is 2.87. The summed E-state index contributed by atoms with van der Waals surface area (Å²) in [6.07, 6.45) is 1.76. The smallest absolute Gasteiger partial charge is 0.345 e. The predicted molar refractivity (Wildman–Crippen MR) is 77.5 cm³/mol. The number of fused-ring (bicyclic) bond motifs is 1. The number of hydrogen-bond acceptors (Lipinski definition) is 6. The summed E-state index contributed by atoms with van der Waals surface area (Å²) >= 11 is 1.21. The van der Waals surface area contributed by atoms with Gasteiger partial charge in [0, 0.05) is 11.5 Å². The van der Waals surface area contributed by atoms with Crippen molar-refractivity contribution in [1.82, 2.24) is 4.49 Å². The summed E-state index contributed by atoms with van der Waals surface area (Å²) in [5, 5.41) is 3.11. The zero-order valence-corrected chi connectivity index (χ0v) is 12.4. The number of para-hydroxylation sites is 2. The average molecular weight is 304 g/mol. The van der Waals surface area contributed by atoms with Gasteiger partial charge in [0.25, 0.3) is 0 Å². The van der Waals surface area contributed by atoms with Gasteiger partial charge in [-0.15, -0.1) is 0 Å². The first-order valence-corrected chi connectivity index (χ1v) is 7.24. The van der Waals surface area contributed by atoms with Crippen molar-refractivity contribution in [2.45, 2.75) is 6.92 Å². The molecule has 7 heteroatoms. The topological polar surface area (TPSA) is 64.3 Å². The van der Waals surface area contributed by atoms with Crippen LogP contribution in [-0.2, 0) is 16.6 Å². The van der Waals surface area contributed by atoms with Crippen molar-refractivity contribution in [2.75, 3.05) is 11.9 Å². The fourth-order valence-corrected chi connectivity index (χ4v) is 2.70. The monoisotopic (exact) mass is 304 g/mol. The van der Waals surface area contributed by atoms with Crippen molar-refractivity contribution >= 4 is 28.8 Å². The van der Waals surface area contributed by atoms with Crippen molar-refractivity contribution in [3.63, 3.8) is 0 Å². The molecule has 0 radical (unpaired) electrons. The first-order chi connectivity index (χ1) is 10.2. The highest BCUT2D eigenvalue weighted by atomic mass is 32.1. The number of esters is 1. The molecule has 0 bridgehead atoms. The van der Waals surface area contributed by atoms with Crippen LogP contribution in [0, 0.1) is 0 Å². The molecule has 6 nitrogen and oxygen atoms in total. The molecule has 21 heavy (non-hydrogen) atoms. The Morgan fingerprint density at radius 2 is 2.29 bits per heavy atom. The number of hydrogen-bond donors (Lipinski definition) is 1. The number of aryl methyl sites for hydroxylation is 1. The summed E-state index contributed by atoms with van der Waals surface area (Å²) in [7, 11) is 1.80. The number of carbonyl (C=O) groups is 1. The van der Waals surface area contributed by atoms with Gasteiger partial charge >= 0.3 is 5.97 Å². The van der Waals surface area contributed by atoms with Crippen LogP contribution < -0.4 is 14.7 Å². The molecule has 1 N–H and O–H groups in total. The van der Waals surface area contributed by atoms with E-state index in [9.17, 15) is 4.79 Å². The number of anilines is 1. The summed E-state index contributed by atoms with van der Waals surface area (Å²) in [5.74, 6) is 0.624. The van der Waals surface area contributed by atoms with Gasteiger partial charge in [-0.1, -0.05) is 16.8 Å². The van der Waals surface area contributed by atoms with E-state index < -0.39 is 5.97 Å². The number of rotatable bonds is 3. The van der Waals surface area contributed by atoms with Gasteiger partial charge in [-0.05, 0) is 19.1 Å². The minimum atomic E-state index is -0.433. The van der Waals surface area contributed by atoms with Gasteiger partial charge < -0.3 is 14.8 Å². The summed E-state index contributed by atoms with van der Waals surface area (Å²) in [6, 6.07) is 7.50. The molecule has 3 rings (SSSR count).